The lowest BCUT2D eigenvalue weighted by Crippen LogP contribution is -2.32. The monoisotopic (exact) mass is 607 g/mol. The zero-order chi connectivity index (χ0) is 29.7. The molecule has 2 aliphatic rings. The number of fused-ring (bicyclic) bond motifs is 3. The summed E-state index contributed by atoms with van der Waals surface area (Å²) in [6.45, 7) is 1.67. The van der Waals surface area contributed by atoms with Crippen LogP contribution in [-0.4, -0.2) is 34.6 Å². The van der Waals surface area contributed by atoms with Crippen LogP contribution in [0.2, 0.25) is 0 Å². The molecule has 43 heavy (non-hydrogen) atoms. The molecule has 214 valence electrons. The van der Waals surface area contributed by atoms with Gasteiger partial charge in [0.05, 0.1) is 16.6 Å². The molecule has 8 nitrogen and oxygen atoms in total. The summed E-state index contributed by atoms with van der Waals surface area (Å²) in [7, 11) is 0. The number of ether oxygens (including phenoxy) is 1. The summed E-state index contributed by atoms with van der Waals surface area (Å²) in [5, 5.41) is 4.72. The van der Waals surface area contributed by atoms with Gasteiger partial charge in [0.25, 0.3) is 5.91 Å². The Bertz CT molecular complexity index is 1960. The number of thiazole rings is 1. The van der Waals surface area contributed by atoms with Gasteiger partial charge in [-0.3, -0.25) is 19.2 Å². The van der Waals surface area contributed by atoms with Crippen molar-refractivity contribution in [3.63, 3.8) is 0 Å². The minimum atomic E-state index is -0.757. The fourth-order valence-corrected chi connectivity index (χ4v) is 8.34. The number of thioether (sulfide) groups is 1. The van der Waals surface area contributed by atoms with Gasteiger partial charge in [-0.2, -0.15) is 0 Å². The van der Waals surface area contributed by atoms with Gasteiger partial charge >= 0.3 is 4.87 Å². The maximum Gasteiger partial charge on any atom is 0.305 e. The Hall–Kier alpha value is -4.67. The number of H-pyrrole nitrogens is 1. The molecule has 2 aliphatic heterocycles. The van der Waals surface area contributed by atoms with E-state index in [1.807, 2.05) is 73.7 Å². The molecule has 1 fully saturated rings. The van der Waals surface area contributed by atoms with Crippen LogP contribution >= 0.6 is 23.1 Å². The zero-order valence-electron chi connectivity index (χ0n) is 22.9. The minimum absolute atomic E-state index is 0.259. The topological polar surface area (TPSA) is 109 Å². The van der Waals surface area contributed by atoms with Crippen molar-refractivity contribution in [3.05, 3.63) is 117 Å². The molecule has 1 aromatic heterocycles. The quantitative estimate of drug-likeness (QED) is 0.240. The summed E-state index contributed by atoms with van der Waals surface area (Å²) in [6, 6.07) is 27.9. The zero-order valence-corrected chi connectivity index (χ0v) is 24.5. The standard InChI is InChI=1S/C33H25N3O5S2/c1-18-13-15-20(16-14-18)36-31(38)27-26(28-30(35-33(40)43-28)42-29(27)32(36)39)22-10-4-5-12-24(22)41-17-25(37)34-23-11-6-8-19-7-2-3-9-21(19)23/h2-16,26-27,29H,17H2,1H3,(H,34,37)(H,35,40)/t26-,27-,29+/m0/s1. The predicted molar refractivity (Wildman–Crippen MR) is 168 cm³/mol. The predicted octanol–water partition coefficient (Wildman–Crippen LogP) is 5.71. The number of amides is 3. The second kappa shape index (κ2) is 10.9. The van der Waals surface area contributed by atoms with E-state index in [2.05, 4.69) is 10.3 Å². The molecule has 0 aliphatic carbocycles. The second-order valence-corrected chi connectivity index (χ2v) is 12.7. The van der Waals surface area contributed by atoms with Crippen LogP contribution in [0.1, 0.15) is 21.9 Å². The summed E-state index contributed by atoms with van der Waals surface area (Å²) in [4.78, 5) is 57.8. The van der Waals surface area contributed by atoms with E-state index in [4.69, 9.17) is 4.74 Å². The van der Waals surface area contributed by atoms with Gasteiger partial charge in [-0.15, -0.1) is 0 Å². The van der Waals surface area contributed by atoms with Crippen LogP contribution in [0.15, 0.2) is 101 Å². The molecule has 0 bridgehead atoms. The highest BCUT2D eigenvalue weighted by Gasteiger charge is 2.56. The number of imide groups is 1. The molecule has 4 aromatic carbocycles. The van der Waals surface area contributed by atoms with Crippen molar-refractivity contribution in [2.45, 2.75) is 23.1 Å². The number of aromatic nitrogens is 1. The third-order valence-corrected chi connectivity index (χ3v) is 10.2. The molecule has 0 spiro atoms. The summed E-state index contributed by atoms with van der Waals surface area (Å²) >= 11 is 2.26. The molecular weight excluding hydrogens is 583 g/mol. The van der Waals surface area contributed by atoms with E-state index in [1.54, 1.807) is 24.3 Å². The molecule has 3 heterocycles. The first-order chi connectivity index (χ1) is 20.9. The SMILES string of the molecule is Cc1ccc(N2C(=O)[C@H]3[C@H](c4ccccc4OCC(=O)Nc4cccc5ccccc45)c4sc(=O)[nH]c4S[C@H]3C2=O)cc1. The van der Waals surface area contributed by atoms with Crippen LogP contribution < -0.4 is 19.8 Å². The highest BCUT2D eigenvalue weighted by Crippen LogP contribution is 2.54. The Morgan fingerprint density at radius 2 is 1.65 bits per heavy atom. The van der Waals surface area contributed by atoms with Crippen LogP contribution in [0.5, 0.6) is 5.75 Å². The summed E-state index contributed by atoms with van der Waals surface area (Å²) in [5.41, 5.74) is 2.85. The first-order valence-corrected chi connectivity index (χ1v) is 15.4. The van der Waals surface area contributed by atoms with E-state index in [1.165, 1.54) is 16.7 Å². The molecule has 0 radical (unpaired) electrons. The Morgan fingerprint density at radius 1 is 0.907 bits per heavy atom. The van der Waals surface area contributed by atoms with Gasteiger partial charge in [0.2, 0.25) is 11.8 Å². The van der Waals surface area contributed by atoms with Crippen molar-refractivity contribution < 1.29 is 19.1 Å². The molecule has 3 amide bonds. The number of benzene rings is 4. The molecule has 2 N–H and O–H groups in total. The largest absolute Gasteiger partial charge is 0.483 e. The van der Waals surface area contributed by atoms with Crippen molar-refractivity contribution >= 4 is 63.0 Å². The van der Waals surface area contributed by atoms with Gasteiger partial charge in [-0.1, -0.05) is 95.4 Å². The van der Waals surface area contributed by atoms with E-state index in [9.17, 15) is 19.2 Å². The van der Waals surface area contributed by atoms with Crippen molar-refractivity contribution in [2.24, 2.45) is 5.92 Å². The van der Waals surface area contributed by atoms with Gasteiger partial charge in [0.1, 0.15) is 11.0 Å². The molecule has 5 aromatic rings. The molecule has 1 saturated heterocycles. The van der Waals surface area contributed by atoms with E-state index in [-0.39, 0.29) is 29.2 Å². The summed E-state index contributed by atoms with van der Waals surface area (Å²) in [6.07, 6.45) is 0. The molecule has 10 heteroatoms. The van der Waals surface area contributed by atoms with Crippen LogP contribution in [0.25, 0.3) is 10.8 Å². The summed E-state index contributed by atoms with van der Waals surface area (Å²) < 4.78 is 6.08. The molecule has 7 rings (SSSR count). The van der Waals surface area contributed by atoms with E-state index in [0.29, 0.717) is 32.6 Å². The fraction of sp³-hybridized carbons (Fsp3) is 0.152. The van der Waals surface area contributed by atoms with Gasteiger partial charge in [0, 0.05) is 27.4 Å². The Labute approximate surface area is 254 Å². The fourth-order valence-electron chi connectivity index (χ4n) is 5.83. The van der Waals surface area contributed by atoms with Crippen LogP contribution in [0.4, 0.5) is 11.4 Å². The number of para-hydroxylation sites is 1. The number of hydrogen-bond donors (Lipinski definition) is 2. The van der Waals surface area contributed by atoms with Crippen molar-refractivity contribution in [3.8, 4) is 5.75 Å². The van der Waals surface area contributed by atoms with Crippen molar-refractivity contribution in [1.29, 1.82) is 0 Å². The number of aromatic amines is 1. The Balaban J connectivity index is 1.21. The lowest BCUT2D eigenvalue weighted by Gasteiger charge is -2.30. The van der Waals surface area contributed by atoms with Gasteiger partial charge in [0.15, 0.2) is 6.61 Å². The summed E-state index contributed by atoms with van der Waals surface area (Å²) in [5.74, 6) is -1.95. The highest BCUT2D eigenvalue weighted by atomic mass is 32.2. The van der Waals surface area contributed by atoms with E-state index in [0.717, 1.165) is 27.7 Å². The first-order valence-electron chi connectivity index (χ1n) is 13.7. The minimum Gasteiger partial charge on any atom is -0.483 e. The third kappa shape index (κ3) is 4.82. The number of nitrogens with zero attached hydrogens (tertiary/aromatic N) is 1. The van der Waals surface area contributed by atoms with Gasteiger partial charge < -0.3 is 15.0 Å². The molecule has 3 atom stereocenters. The normalized spacial score (nSPS) is 19.3. The molecule has 0 saturated carbocycles. The Morgan fingerprint density at radius 3 is 2.49 bits per heavy atom. The van der Waals surface area contributed by atoms with Crippen LogP contribution in [0, 0.1) is 12.8 Å². The van der Waals surface area contributed by atoms with Crippen LogP contribution in [-0.2, 0) is 14.4 Å². The van der Waals surface area contributed by atoms with E-state index >= 15 is 0 Å². The lowest BCUT2D eigenvalue weighted by molar-refractivity contribution is -0.122. The Kier molecular flexibility index (Phi) is 6.87. The first kappa shape index (κ1) is 27.2. The third-order valence-electron chi connectivity index (χ3n) is 7.79. The van der Waals surface area contributed by atoms with Crippen molar-refractivity contribution in [2.75, 3.05) is 16.8 Å². The van der Waals surface area contributed by atoms with Gasteiger partial charge in [-0.25, -0.2) is 4.90 Å². The maximum atomic E-state index is 14.0. The second-order valence-electron chi connectivity index (χ2n) is 10.5. The van der Waals surface area contributed by atoms with Crippen LogP contribution in [0.3, 0.4) is 0 Å². The number of hydrogen-bond acceptors (Lipinski definition) is 7. The van der Waals surface area contributed by atoms with E-state index < -0.39 is 17.1 Å². The number of rotatable bonds is 6. The molecular formula is C33H25N3O5S2. The van der Waals surface area contributed by atoms with Gasteiger partial charge in [-0.05, 0) is 36.6 Å². The lowest BCUT2D eigenvalue weighted by atomic mass is 9.82. The average molecular weight is 608 g/mol. The number of nitrogens with one attached hydrogen (secondary N) is 2. The number of carbonyl (C=O) groups excluding carboxylic acids is 3. The number of aryl methyl sites for hydroxylation is 1. The molecule has 0 unspecified atom stereocenters. The maximum absolute atomic E-state index is 14.0. The number of anilines is 2. The number of carbonyl (C=O) groups is 3. The average Bonchev–Trinajstić information content (AvgIpc) is 3.51. The smallest absolute Gasteiger partial charge is 0.305 e. The van der Waals surface area contributed by atoms with Crippen molar-refractivity contribution in [1.82, 2.24) is 4.98 Å². The highest BCUT2D eigenvalue weighted by molar-refractivity contribution is 8.00.